The van der Waals surface area contributed by atoms with Gasteiger partial charge in [0.2, 0.25) is 11.8 Å². The highest BCUT2D eigenvalue weighted by Gasteiger charge is 2.42. The van der Waals surface area contributed by atoms with Gasteiger partial charge in [0.25, 0.3) is 5.91 Å². The van der Waals surface area contributed by atoms with E-state index in [1.807, 2.05) is 66.4 Å². The quantitative estimate of drug-likeness (QED) is 0.438. The number of amidine groups is 2. The molecule has 2 aromatic rings. The smallest absolute Gasteiger partial charge is 0.270 e. The summed E-state index contributed by atoms with van der Waals surface area (Å²) < 4.78 is 0. The number of nitrogens with one attached hydrogen (secondary N) is 2. The molecule has 0 radical (unpaired) electrons. The normalized spacial score (nSPS) is 19.3. The molecule has 8 nitrogen and oxygen atoms in total. The number of aliphatic imine (C=N–C) groups is 2. The lowest BCUT2D eigenvalue weighted by molar-refractivity contribution is -0.123. The van der Waals surface area contributed by atoms with Crippen LogP contribution in [0.2, 0.25) is 0 Å². The van der Waals surface area contributed by atoms with Crippen LogP contribution in [0.4, 0.5) is 5.69 Å². The molecule has 0 bridgehead atoms. The molecule has 3 amide bonds. The average molecular weight is 560 g/mol. The standard InChI is InChI=1S/C31H37N5O3S/c1-2-26(30(39)33-22-13-7-4-8-14-22)40-31-34-24-16-10-9-15-23(24)28-35-29(38)25(36(28)31)17-18-27(37)32-20-19-21-11-5-3-6-12-21/h3,5-6,9-12,15-16,22,25-26H,2,4,7-8,13-14,17-20H2,1H3,(H,32,37)(H,33,39). The molecule has 0 aromatic heterocycles. The number of amides is 3. The average Bonchev–Trinajstić information content (AvgIpc) is 3.32. The van der Waals surface area contributed by atoms with Crippen molar-refractivity contribution in [3.05, 3.63) is 65.7 Å². The highest BCUT2D eigenvalue weighted by atomic mass is 32.2. The van der Waals surface area contributed by atoms with Crippen LogP contribution in [0.3, 0.4) is 0 Å². The Balaban J connectivity index is 1.27. The Bertz CT molecular complexity index is 1290. The molecular formula is C31H37N5O3S. The summed E-state index contributed by atoms with van der Waals surface area (Å²) in [6.45, 7) is 2.54. The maximum absolute atomic E-state index is 13.3. The summed E-state index contributed by atoms with van der Waals surface area (Å²) in [6.07, 6.45) is 7.46. The van der Waals surface area contributed by atoms with Gasteiger partial charge in [-0.2, -0.15) is 4.99 Å². The van der Waals surface area contributed by atoms with Crippen molar-refractivity contribution in [1.29, 1.82) is 0 Å². The van der Waals surface area contributed by atoms with E-state index in [1.165, 1.54) is 18.2 Å². The Kier molecular flexibility index (Phi) is 9.31. The largest absolute Gasteiger partial charge is 0.356 e. The van der Waals surface area contributed by atoms with Crippen molar-refractivity contribution in [3.63, 3.8) is 0 Å². The summed E-state index contributed by atoms with van der Waals surface area (Å²) in [7, 11) is 0. The van der Waals surface area contributed by atoms with Crippen LogP contribution < -0.4 is 10.6 Å². The Labute approximate surface area is 240 Å². The van der Waals surface area contributed by atoms with Crippen LogP contribution in [0.15, 0.2) is 64.6 Å². The van der Waals surface area contributed by atoms with Crippen LogP contribution in [-0.4, -0.2) is 57.5 Å². The molecule has 1 aliphatic carbocycles. The Morgan fingerprint density at radius 2 is 1.77 bits per heavy atom. The Morgan fingerprint density at radius 3 is 2.55 bits per heavy atom. The summed E-state index contributed by atoms with van der Waals surface area (Å²) in [5.74, 6) is 0.185. The van der Waals surface area contributed by atoms with E-state index in [1.54, 1.807) is 0 Å². The first-order valence-electron chi connectivity index (χ1n) is 14.4. The summed E-state index contributed by atoms with van der Waals surface area (Å²) in [4.78, 5) is 50.2. The van der Waals surface area contributed by atoms with Gasteiger partial charge in [-0.25, -0.2) is 4.99 Å². The minimum Gasteiger partial charge on any atom is -0.356 e. The molecule has 1 fully saturated rings. The fraction of sp³-hybridized carbons (Fsp3) is 0.452. The third-order valence-electron chi connectivity index (χ3n) is 7.69. The summed E-state index contributed by atoms with van der Waals surface area (Å²) >= 11 is 1.38. The van der Waals surface area contributed by atoms with Crippen molar-refractivity contribution >= 4 is 46.2 Å². The van der Waals surface area contributed by atoms with Crippen molar-refractivity contribution in [2.45, 2.75) is 82.0 Å². The number of para-hydroxylation sites is 1. The number of hydrogen-bond acceptors (Lipinski definition) is 6. The lowest BCUT2D eigenvalue weighted by Gasteiger charge is -2.32. The van der Waals surface area contributed by atoms with E-state index in [4.69, 9.17) is 4.99 Å². The summed E-state index contributed by atoms with van der Waals surface area (Å²) in [5.41, 5.74) is 2.68. The number of fused-ring (bicyclic) bond motifs is 3. The molecule has 2 aromatic carbocycles. The predicted octanol–water partition coefficient (Wildman–Crippen LogP) is 4.74. The molecule has 5 rings (SSSR count). The Hall–Kier alpha value is -3.46. The van der Waals surface area contributed by atoms with Crippen molar-refractivity contribution < 1.29 is 14.4 Å². The van der Waals surface area contributed by atoms with Gasteiger partial charge in [-0.15, -0.1) is 0 Å². The van der Waals surface area contributed by atoms with Crippen molar-refractivity contribution in [2.75, 3.05) is 6.54 Å². The van der Waals surface area contributed by atoms with E-state index in [2.05, 4.69) is 15.6 Å². The number of nitrogens with zero attached hydrogens (tertiary/aromatic N) is 3. The monoisotopic (exact) mass is 559 g/mol. The predicted molar refractivity (Wildman–Crippen MR) is 160 cm³/mol. The van der Waals surface area contributed by atoms with Crippen LogP contribution in [0, 0.1) is 0 Å². The molecule has 2 unspecified atom stereocenters. The molecule has 9 heteroatoms. The van der Waals surface area contributed by atoms with E-state index in [0.29, 0.717) is 30.4 Å². The molecular weight excluding hydrogens is 522 g/mol. The van der Waals surface area contributed by atoms with Crippen molar-refractivity contribution in [1.82, 2.24) is 15.5 Å². The zero-order valence-electron chi connectivity index (χ0n) is 23.0. The summed E-state index contributed by atoms with van der Waals surface area (Å²) in [5, 5.41) is 6.46. The number of carbonyl (C=O) groups is 3. The molecule has 2 aliphatic heterocycles. The van der Waals surface area contributed by atoms with Gasteiger partial charge in [-0.1, -0.05) is 80.4 Å². The molecule has 1 saturated carbocycles. The molecule has 0 saturated heterocycles. The van der Waals surface area contributed by atoms with E-state index in [0.717, 1.165) is 48.9 Å². The zero-order chi connectivity index (χ0) is 27.9. The van der Waals surface area contributed by atoms with Crippen LogP contribution in [-0.2, 0) is 20.8 Å². The van der Waals surface area contributed by atoms with Crippen molar-refractivity contribution in [3.8, 4) is 0 Å². The molecule has 2 N–H and O–H groups in total. The fourth-order valence-corrected chi connectivity index (χ4v) is 6.57. The van der Waals surface area contributed by atoms with Crippen molar-refractivity contribution in [2.24, 2.45) is 9.98 Å². The van der Waals surface area contributed by atoms with Gasteiger partial charge in [0.05, 0.1) is 10.9 Å². The minimum atomic E-state index is -0.631. The molecule has 0 spiro atoms. The second-order valence-electron chi connectivity index (χ2n) is 10.6. The second kappa shape index (κ2) is 13.3. The lowest BCUT2D eigenvalue weighted by atomic mass is 9.95. The number of rotatable bonds is 10. The third kappa shape index (κ3) is 6.63. The minimum absolute atomic E-state index is 0.0133. The zero-order valence-corrected chi connectivity index (χ0v) is 23.8. The number of thioether (sulfide) groups is 1. The van der Waals surface area contributed by atoms with E-state index < -0.39 is 6.04 Å². The van der Waals surface area contributed by atoms with Crippen LogP contribution in [0.5, 0.6) is 0 Å². The third-order valence-corrected chi connectivity index (χ3v) is 9.02. The maximum Gasteiger partial charge on any atom is 0.270 e. The van der Waals surface area contributed by atoms with Crippen LogP contribution >= 0.6 is 11.8 Å². The molecule has 40 heavy (non-hydrogen) atoms. The van der Waals surface area contributed by atoms with Gasteiger partial charge >= 0.3 is 0 Å². The SMILES string of the molecule is CCC(SC1=Nc2ccccc2C2=NC(=O)C(CCC(=O)NCCc3ccccc3)N12)C(=O)NC1CCCCC1. The van der Waals surface area contributed by atoms with Gasteiger partial charge in [0, 0.05) is 24.6 Å². The first-order chi connectivity index (χ1) is 19.5. The van der Waals surface area contributed by atoms with Gasteiger partial charge in [0.15, 0.2) is 5.17 Å². The lowest BCUT2D eigenvalue weighted by Crippen LogP contribution is -2.46. The van der Waals surface area contributed by atoms with Gasteiger partial charge < -0.3 is 10.6 Å². The first kappa shape index (κ1) is 28.1. The van der Waals surface area contributed by atoms with E-state index in [9.17, 15) is 14.4 Å². The van der Waals surface area contributed by atoms with Gasteiger partial charge in [-0.3, -0.25) is 19.3 Å². The first-order valence-corrected chi connectivity index (χ1v) is 15.3. The van der Waals surface area contributed by atoms with Crippen LogP contribution in [0.1, 0.15) is 69.4 Å². The summed E-state index contributed by atoms with van der Waals surface area (Å²) in [6, 6.07) is 17.2. The maximum atomic E-state index is 13.3. The van der Waals surface area contributed by atoms with E-state index >= 15 is 0 Å². The fourth-order valence-electron chi connectivity index (χ4n) is 5.50. The molecule has 210 valence electrons. The number of benzene rings is 2. The number of carbonyl (C=O) groups excluding carboxylic acids is 3. The molecule has 2 atom stereocenters. The molecule has 3 aliphatic rings. The number of hydrogen-bond donors (Lipinski definition) is 2. The second-order valence-corrected chi connectivity index (χ2v) is 11.7. The van der Waals surface area contributed by atoms with Gasteiger partial charge in [0.1, 0.15) is 11.9 Å². The molecule has 2 heterocycles. The Morgan fingerprint density at radius 1 is 1.02 bits per heavy atom. The van der Waals surface area contributed by atoms with Crippen LogP contribution in [0.25, 0.3) is 0 Å². The highest BCUT2D eigenvalue weighted by Crippen LogP contribution is 2.36. The van der Waals surface area contributed by atoms with E-state index in [-0.39, 0.29) is 35.4 Å². The van der Waals surface area contributed by atoms with Gasteiger partial charge in [-0.05, 0) is 49.8 Å². The topological polar surface area (TPSA) is 103 Å². The highest BCUT2D eigenvalue weighted by molar-refractivity contribution is 8.15.